The summed E-state index contributed by atoms with van der Waals surface area (Å²) in [4.78, 5) is 15.6. The number of carbonyl (C=O) groups is 1. The summed E-state index contributed by atoms with van der Waals surface area (Å²) in [6.45, 7) is 3.13. The first kappa shape index (κ1) is 15.5. The summed E-state index contributed by atoms with van der Waals surface area (Å²) < 4.78 is 6.35. The van der Waals surface area contributed by atoms with Gasteiger partial charge in [-0.3, -0.25) is 4.79 Å². The minimum absolute atomic E-state index is 0.00931. The van der Waals surface area contributed by atoms with Crippen molar-refractivity contribution < 1.29 is 9.53 Å². The van der Waals surface area contributed by atoms with Crippen LogP contribution in [0.5, 0.6) is 0 Å². The maximum Gasteiger partial charge on any atom is 0.229 e. The van der Waals surface area contributed by atoms with Gasteiger partial charge in [-0.2, -0.15) is 0 Å². The normalized spacial score (nSPS) is 14.9. The van der Waals surface area contributed by atoms with Gasteiger partial charge in [-0.05, 0) is 29.6 Å². The number of ether oxygens (including phenoxy) is 1. The number of halogens is 1. The van der Waals surface area contributed by atoms with Crippen LogP contribution in [-0.4, -0.2) is 32.2 Å². The second-order valence-electron chi connectivity index (χ2n) is 5.07. The lowest BCUT2D eigenvalue weighted by Gasteiger charge is -2.30. The molecule has 0 aliphatic carbocycles. The van der Waals surface area contributed by atoms with E-state index in [1.807, 2.05) is 35.7 Å². The maximum absolute atomic E-state index is 12.3. The first-order valence-electron chi connectivity index (χ1n) is 7.17. The SMILES string of the molecule is O=C(Cc1cccs1)Nc1cc(Br)ccc1N1CCOCC1. The van der Waals surface area contributed by atoms with E-state index in [0.29, 0.717) is 6.42 Å². The summed E-state index contributed by atoms with van der Waals surface area (Å²) >= 11 is 5.08. The number of nitrogens with zero attached hydrogens (tertiary/aromatic N) is 1. The Morgan fingerprint density at radius 1 is 1.32 bits per heavy atom. The first-order valence-corrected chi connectivity index (χ1v) is 8.84. The molecule has 1 aliphatic heterocycles. The van der Waals surface area contributed by atoms with Crippen molar-refractivity contribution in [3.63, 3.8) is 0 Å². The van der Waals surface area contributed by atoms with E-state index in [-0.39, 0.29) is 5.91 Å². The molecule has 22 heavy (non-hydrogen) atoms. The highest BCUT2D eigenvalue weighted by atomic mass is 79.9. The lowest BCUT2D eigenvalue weighted by molar-refractivity contribution is -0.115. The van der Waals surface area contributed by atoms with E-state index in [1.165, 1.54) is 0 Å². The number of thiophene rings is 1. The fourth-order valence-electron chi connectivity index (χ4n) is 2.45. The van der Waals surface area contributed by atoms with Gasteiger partial charge < -0.3 is 15.0 Å². The van der Waals surface area contributed by atoms with Gasteiger partial charge in [0.1, 0.15) is 0 Å². The quantitative estimate of drug-likeness (QED) is 0.881. The average molecular weight is 381 g/mol. The van der Waals surface area contributed by atoms with Crippen LogP contribution in [0.1, 0.15) is 4.88 Å². The molecule has 6 heteroatoms. The number of hydrogen-bond donors (Lipinski definition) is 1. The lowest BCUT2D eigenvalue weighted by atomic mass is 10.2. The van der Waals surface area contributed by atoms with Gasteiger partial charge in [0.15, 0.2) is 0 Å². The smallest absolute Gasteiger partial charge is 0.229 e. The summed E-state index contributed by atoms with van der Waals surface area (Å²) in [5.41, 5.74) is 1.89. The number of amides is 1. The van der Waals surface area contributed by atoms with Gasteiger partial charge in [0.25, 0.3) is 0 Å². The van der Waals surface area contributed by atoms with Gasteiger partial charge in [0.05, 0.1) is 31.0 Å². The molecule has 1 N–H and O–H groups in total. The van der Waals surface area contributed by atoms with E-state index in [1.54, 1.807) is 11.3 Å². The van der Waals surface area contributed by atoms with Crippen molar-refractivity contribution in [3.05, 3.63) is 45.1 Å². The molecular formula is C16H17BrN2O2S. The van der Waals surface area contributed by atoms with Gasteiger partial charge in [-0.15, -0.1) is 11.3 Å². The zero-order chi connectivity index (χ0) is 15.4. The Morgan fingerprint density at radius 2 is 2.14 bits per heavy atom. The molecule has 0 bridgehead atoms. The van der Waals surface area contributed by atoms with E-state index in [0.717, 1.165) is 47.0 Å². The van der Waals surface area contributed by atoms with Crippen LogP contribution < -0.4 is 10.2 Å². The second-order valence-corrected chi connectivity index (χ2v) is 7.01. The lowest BCUT2D eigenvalue weighted by Crippen LogP contribution is -2.36. The van der Waals surface area contributed by atoms with Crippen LogP contribution in [0.25, 0.3) is 0 Å². The molecule has 0 spiro atoms. The van der Waals surface area contributed by atoms with Crippen LogP contribution in [0, 0.1) is 0 Å². The van der Waals surface area contributed by atoms with Crippen molar-refractivity contribution in [2.24, 2.45) is 0 Å². The highest BCUT2D eigenvalue weighted by Crippen LogP contribution is 2.30. The predicted molar refractivity (Wildman–Crippen MR) is 93.8 cm³/mol. The number of morpholine rings is 1. The molecule has 1 aromatic carbocycles. The summed E-state index contributed by atoms with van der Waals surface area (Å²) in [7, 11) is 0. The van der Waals surface area contributed by atoms with Gasteiger partial charge in [-0.25, -0.2) is 0 Å². The number of anilines is 2. The molecule has 1 aromatic heterocycles. The van der Waals surface area contributed by atoms with Crippen molar-refractivity contribution in [2.45, 2.75) is 6.42 Å². The fourth-order valence-corrected chi connectivity index (χ4v) is 3.52. The first-order chi connectivity index (χ1) is 10.7. The standard InChI is InChI=1S/C16H17BrN2O2S/c17-12-3-4-15(19-5-7-21-8-6-19)14(10-12)18-16(20)11-13-2-1-9-22-13/h1-4,9-10H,5-8,11H2,(H,18,20). The Labute approximate surface area is 142 Å². The van der Waals surface area contributed by atoms with Gasteiger partial charge in [0, 0.05) is 22.4 Å². The van der Waals surface area contributed by atoms with Crippen molar-refractivity contribution in [1.29, 1.82) is 0 Å². The number of rotatable bonds is 4. The van der Waals surface area contributed by atoms with Gasteiger partial charge in [-0.1, -0.05) is 22.0 Å². The minimum Gasteiger partial charge on any atom is -0.378 e. The molecule has 3 rings (SSSR count). The zero-order valence-electron chi connectivity index (χ0n) is 12.0. The van der Waals surface area contributed by atoms with Crippen LogP contribution in [-0.2, 0) is 16.0 Å². The number of carbonyl (C=O) groups excluding carboxylic acids is 1. The third-order valence-electron chi connectivity index (χ3n) is 3.50. The Bertz CT molecular complexity index is 640. The fraction of sp³-hybridized carbons (Fsp3) is 0.312. The molecular weight excluding hydrogens is 364 g/mol. The molecule has 0 saturated carbocycles. The summed E-state index contributed by atoms with van der Waals surface area (Å²) in [5, 5.41) is 5.03. The highest BCUT2D eigenvalue weighted by Gasteiger charge is 2.16. The Kier molecular flexibility index (Phi) is 5.12. The Hall–Kier alpha value is -1.37. The number of nitrogens with one attached hydrogen (secondary N) is 1. The van der Waals surface area contributed by atoms with Gasteiger partial charge in [0.2, 0.25) is 5.91 Å². The minimum atomic E-state index is 0.00931. The Balaban J connectivity index is 1.76. The molecule has 1 saturated heterocycles. The maximum atomic E-state index is 12.3. The van der Waals surface area contributed by atoms with Crippen molar-refractivity contribution in [1.82, 2.24) is 0 Å². The molecule has 0 unspecified atom stereocenters. The van der Waals surface area contributed by atoms with Crippen molar-refractivity contribution >= 4 is 44.5 Å². The molecule has 0 atom stereocenters. The van der Waals surface area contributed by atoms with Gasteiger partial charge >= 0.3 is 0 Å². The molecule has 4 nitrogen and oxygen atoms in total. The summed E-state index contributed by atoms with van der Waals surface area (Å²) in [6.07, 6.45) is 0.409. The van der Waals surface area contributed by atoms with Crippen LogP contribution >= 0.6 is 27.3 Å². The molecule has 1 amide bonds. The van der Waals surface area contributed by atoms with E-state index < -0.39 is 0 Å². The monoisotopic (exact) mass is 380 g/mol. The average Bonchev–Trinajstić information content (AvgIpc) is 3.01. The Morgan fingerprint density at radius 3 is 2.86 bits per heavy atom. The summed E-state index contributed by atoms with van der Waals surface area (Å²) in [5.74, 6) is 0.00931. The van der Waals surface area contributed by atoms with E-state index in [2.05, 4.69) is 26.1 Å². The molecule has 2 heterocycles. The predicted octanol–water partition coefficient (Wildman–Crippen LogP) is 3.53. The topological polar surface area (TPSA) is 41.6 Å². The van der Waals surface area contributed by atoms with Crippen molar-refractivity contribution in [2.75, 3.05) is 36.5 Å². The molecule has 116 valence electrons. The highest BCUT2D eigenvalue weighted by molar-refractivity contribution is 9.10. The van der Waals surface area contributed by atoms with Crippen molar-refractivity contribution in [3.8, 4) is 0 Å². The third-order valence-corrected chi connectivity index (χ3v) is 4.87. The molecule has 2 aromatic rings. The van der Waals surface area contributed by atoms with Crippen LogP contribution in [0.2, 0.25) is 0 Å². The second kappa shape index (κ2) is 7.26. The van der Waals surface area contributed by atoms with E-state index in [9.17, 15) is 4.79 Å². The van der Waals surface area contributed by atoms with Crippen LogP contribution in [0.3, 0.4) is 0 Å². The van der Waals surface area contributed by atoms with Crippen LogP contribution in [0.4, 0.5) is 11.4 Å². The molecule has 1 aliphatic rings. The largest absolute Gasteiger partial charge is 0.378 e. The number of hydrogen-bond acceptors (Lipinski definition) is 4. The zero-order valence-corrected chi connectivity index (χ0v) is 14.5. The number of benzene rings is 1. The van der Waals surface area contributed by atoms with E-state index >= 15 is 0 Å². The molecule has 1 fully saturated rings. The summed E-state index contributed by atoms with van der Waals surface area (Å²) in [6, 6.07) is 9.94. The van der Waals surface area contributed by atoms with Crippen LogP contribution in [0.15, 0.2) is 40.2 Å². The van der Waals surface area contributed by atoms with E-state index in [4.69, 9.17) is 4.74 Å². The third kappa shape index (κ3) is 3.88. The molecule has 0 radical (unpaired) electrons.